The van der Waals surface area contributed by atoms with Gasteiger partial charge in [0.1, 0.15) is 9.84 Å². The second-order valence-corrected chi connectivity index (χ2v) is 8.16. The Morgan fingerprint density at radius 1 is 1.24 bits per heavy atom. The molecule has 1 N–H and O–H groups in total. The fourth-order valence-corrected chi connectivity index (χ4v) is 3.25. The molecular weight excluding hydrogens is 286 g/mol. The van der Waals surface area contributed by atoms with E-state index in [-0.39, 0.29) is 24.1 Å². The monoisotopic (exact) mass is 309 g/mol. The van der Waals surface area contributed by atoms with Crippen LogP contribution in [0.15, 0.2) is 18.2 Å². The fourth-order valence-electron chi connectivity index (χ4n) is 2.70. The molecule has 1 aliphatic carbocycles. The molecule has 4 nitrogen and oxygen atoms in total. The summed E-state index contributed by atoms with van der Waals surface area (Å²) in [6.45, 7) is 1.93. The molecule has 0 aliphatic heterocycles. The predicted octanol–water partition coefficient (Wildman–Crippen LogP) is 2.18. The van der Waals surface area contributed by atoms with E-state index in [0.717, 1.165) is 24.7 Å². The SMILES string of the molecule is CC(NC(=O)CCS(C)(=O)=O)c1ccc2c(c1)CCCC2. The van der Waals surface area contributed by atoms with Crippen molar-refractivity contribution in [1.29, 1.82) is 0 Å². The third kappa shape index (κ3) is 4.84. The molecule has 0 heterocycles. The minimum atomic E-state index is -3.09. The van der Waals surface area contributed by atoms with Gasteiger partial charge >= 0.3 is 0 Å². The molecule has 116 valence electrons. The summed E-state index contributed by atoms with van der Waals surface area (Å²) in [4.78, 5) is 11.8. The third-order valence-electron chi connectivity index (χ3n) is 3.95. The fraction of sp³-hybridized carbons (Fsp3) is 0.562. The molecule has 0 spiro atoms. The lowest BCUT2D eigenvalue weighted by molar-refractivity contribution is -0.121. The summed E-state index contributed by atoms with van der Waals surface area (Å²) >= 11 is 0. The standard InChI is InChI=1S/C16H23NO3S/c1-12(17-16(18)9-10-21(2,19)20)14-8-7-13-5-3-4-6-15(13)11-14/h7-8,11-12H,3-6,9-10H2,1-2H3,(H,17,18). The van der Waals surface area contributed by atoms with Crippen molar-refractivity contribution in [2.24, 2.45) is 0 Å². The number of nitrogens with one attached hydrogen (secondary N) is 1. The zero-order valence-corrected chi connectivity index (χ0v) is 13.5. The zero-order valence-electron chi connectivity index (χ0n) is 12.7. The average molecular weight is 309 g/mol. The molecule has 1 aromatic carbocycles. The van der Waals surface area contributed by atoms with Crippen LogP contribution in [0.25, 0.3) is 0 Å². The van der Waals surface area contributed by atoms with Gasteiger partial charge in [0.25, 0.3) is 0 Å². The van der Waals surface area contributed by atoms with E-state index in [1.54, 1.807) is 0 Å². The van der Waals surface area contributed by atoms with Gasteiger partial charge in [-0.15, -0.1) is 0 Å². The summed E-state index contributed by atoms with van der Waals surface area (Å²) in [5.74, 6) is -0.318. The molecule has 2 rings (SSSR count). The van der Waals surface area contributed by atoms with E-state index in [4.69, 9.17) is 0 Å². The number of benzene rings is 1. The van der Waals surface area contributed by atoms with Gasteiger partial charge in [-0.3, -0.25) is 4.79 Å². The Morgan fingerprint density at radius 2 is 1.90 bits per heavy atom. The molecule has 1 amide bonds. The van der Waals surface area contributed by atoms with E-state index in [1.165, 1.54) is 24.0 Å². The lowest BCUT2D eigenvalue weighted by Gasteiger charge is -2.20. The van der Waals surface area contributed by atoms with Crippen molar-refractivity contribution < 1.29 is 13.2 Å². The highest BCUT2D eigenvalue weighted by atomic mass is 32.2. The summed E-state index contributed by atoms with van der Waals surface area (Å²) in [6, 6.07) is 6.30. The Labute approximate surface area is 126 Å². The number of sulfone groups is 1. The number of hydrogen-bond acceptors (Lipinski definition) is 3. The lowest BCUT2D eigenvalue weighted by atomic mass is 9.89. The second-order valence-electron chi connectivity index (χ2n) is 5.90. The predicted molar refractivity (Wildman–Crippen MR) is 84.0 cm³/mol. The normalized spacial score (nSPS) is 16.1. The molecule has 0 saturated carbocycles. The summed E-state index contributed by atoms with van der Waals surface area (Å²) < 4.78 is 22.1. The molecule has 5 heteroatoms. The summed E-state index contributed by atoms with van der Waals surface area (Å²) in [7, 11) is -3.09. The van der Waals surface area contributed by atoms with Crippen LogP contribution in [-0.2, 0) is 27.5 Å². The van der Waals surface area contributed by atoms with E-state index in [2.05, 4.69) is 23.5 Å². The highest BCUT2D eigenvalue weighted by molar-refractivity contribution is 7.90. The Balaban J connectivity index is 1.97. The van der Waals surface area contributed by atoms with Gasteiger partial charge in [-0.25, -0.2) is 8.42 Å². The molecule has 0 fully saturated rings. The Morgan fingerprint density at radius 3 is 2.57 bits per heavy atom. The topological polar surface area (TPSA) is 63.2 Å². The van der Waals surface area contributed by atoms with E-state index in [9.17, 15) is 13.2 Å². The first kappa shape index (κ1) is 16.0. The Hall–Kier alpha value is -1.36. The van der Waals surface area contributed by atoms with Gasteiger partial charge in [-0.1, -0.05) is 18.2 Å². The maximum Gasteiger partial charge on any atom is 0.221 e. The highest BCUT2D eigenvalue weighted by Crippen LogP contribution is 2.24. The van der Waals surface area contributed by atoms with Gasteiger partial charge in [-0.05, 0) is 49.3 Å². The molecule has 0 bridgehead atoms. The van der Waals surface area contributed by atoms with Gasteiger partial charge in [0.15, 0.2) is 0 Å². The van der Waals surface area contributed by atoms with E-state index in [1.807, 2.05) is 6.92 Å². The largest absolute Gasteiger partial charge is 0.350 e. The van der Waals surface area contributed by atoms with Crippen molar-refractivity contribution in [3.8, 4) is 0 Å². The molecule has 1 atom stereocenters. The molecule has 0 saturated heterocycles. The maximum atomic E-state index is 11.8. The van der Waals surface area contributed by atoms with Gasteiger partial charge in [0.05, 0.1) is 11.8 Å². The first-order valence-electron chi connectivity index (χ1n) is 7.44. The van der Waals surface area contributed by atoms with Crippen molar-refractivity contribution in [2.75, 3.05) is 12.0 Å². The lowest BCUT2D eigenvalue weighted by Crippen LogP contribution is -2.28. The molecule has 0 aromatic heterocycles. The number of amides is 1. The van der Waals surface area contributed by atoms with Crippen LogP contribution in [0.2, 0.25) is 0 Å². The van der Waals surface area contributed by atoms with Crippen LogP contribution in [0.4, 0.5) is 0 Å². The van der Waals surface area contributed by atoms with Crippen LogP contribution in [-0.4, -0.2) is 26.3 Å². The van der Waals surface area contributed by atoms with Crippen molar-refractivity contribution in [1.82, 2.24) is 5.32 Å². The van der Waals surface area contributed by atoms with E-state index < -0.39 is 9.84 Å². The van der Waals surface area contributed by atoms with Crippen LogP contribution < -0.4 is 5.32 Å². The number of carbonyl (C=O) groups is 1. The maximum absolute atomic E-state index is 11.8. The number of fused-ring (bicyclic) bond motifs is 1. The smallest absolute Gasteiger partial charge is 0.221 e. The van der Waals surface area contributed by atoms with Gasteiger partial charge < -0.3 is 5.32 Å². The minimum Gasteiger partial charge on any atom is -0.350 e. The van der Waals surface area contributed by atoms with Crippen molar-refractivity contribution >= 4 is 15.7 Å². The zero-order chi connectivity index (χ0) is 15.5. The first-order chi connectivity index (χ1) is 9.85. The van der Waals surface area contributed by atoms with Crippen molar-refractivity contribution in [3.63, 3.8) is 0 Å². The van der Waals surface area contributed by atoms with Gasteiger partial charge in [0, 0.05) is 12.7 Å². The number of hydrogen-bond donors (Lipinski definition) is 1. The van der Waals surface area contributed by atoms with Crippen LogP contribution >= 0.6 is 0 Å². The number of aryl methyl sites for hydroxylation is 2. The number of rotatable bonds is 5. The average Bonchev–Trinajstić information content (AvgIpc) is 2.44. The summed E-state index contributed by atoms with van der Waals surface area (Å²) in [5, 5.41) is 2.87. The van der Waals surface area contributed by atoms with Crippen molar-refractivity contribution in [2.45, 2.75) is 45.1 Å². The quantitative estimate of drug-likeness (QED) is 0.906. The molecule has 21 heavy (non-hydrogen) atoms. The van der Waals surface area contributed by atoms with Gasteiger partial charge in [-0.2, -0.15) is 0 Å². The van der Waals surface area contributed by atoms with Crippen LogP contribution in [0, 0.1) is 0 Å². The molecular formula is C16H23NO3S. The molecule has 1 aromatic rings. The highest BCUT2D eigenvalue weighted by Gasteiger charge is 2.15. The number of carbonyl (C=O) groups excluding carboxylic acids is 1. The minimum absolute atomic E-state index is 0.0219. The van der Waals surface area contributed by atoms with Crippen LogP contribution in [0.5, 0.6) is 0 Å². The van der Waals surface area contributed by atoms with E-state index in [0.29, 0.717) is 0 Å². The molecule has 1 aliphatic rings. The van der Waals surface area contributed by atoms with Crippen molar-refractivity contribution in [3.05, 3.63) is 34.9 Å². The summed E-state index contributed by atoms with van der Waals surface area (Å²) in [5.41, 5.74) is 3.89. The Kier molecular flexibility index (Phi) is 5.04. The first-order valence-corrected chi connectivity index (χ1v) is 9.50. The Bertz CT molecular complexity index is 622. The summed E-state index contributed by atoms with van der Waals surface area (Å²) in [6.07, 6.45) is 5.90. The molecule has 1 unspecified atom stereocenters. The van der Waals surface area contributed by atoms with Gasteiger partial charge in [0.2, 0.25) is 5.91 Å². The van der Waals surface area contributed by atoms with Crippen LogP contribution in [0.3, 0.4) is 0 Å². The van der Waals surface area contributed by atoms with E-state index >= 15 is 0 Å². The van der Waals surface area contributed by atoms with Crippen LogP contribution in [0.1, 0.15) is 48.9 Å². The second kappa shape index (κ2) is 6.60. The third-order valence-corrected chi connectivity index (χ3v) is 4.90. The molecule has 0 radical (unpaired) electrons.